The van der Waals surface area contributed by atoms with Crippen LogP contribution in [0.4, 0.5) is 0 Å². The largest absolute Gasteiger partial charge is 0.402 e. The number of fused-ring (bicyclic) bond motifs is 28. The lowest BCUT2D eigenvalue weighted by Crippen LogP contribution is -2.32. The number of imidazole rings is 2. The van der Waals surface area contributed by atoms with Crippen molar-refractivity contribution in [1.29, 1.82) is 0 Å². The van der Waals surface area contributed by atoms with Crippen molar-refractivity contribution in [3.8, 4) is 45.9 Å². The maximum Gasteiger partial charge on any atom is 0.402 e. The van der Waals surface area contributed by atoms with E-state index in [1.54, 1.807) is 12.4 Å². The third-order valence-corrected chi connectivity index (χ3v) is 16.4. The number of aromatic nitrogens is 14. The molecule has 4 aliphatic heterocycles. The maximum atomic E-state index is 8.01. The van der Waals surface area contributed by atoms with E-state index in [0.29, 0.717) is 35.7 Å². The molecule has 4 aromatic carbocycles. The molecular formula is C64H50N14O2+4. The molecule has 0 amide bonds. The van der Waals surface area contributed by atoms with Gasteiger partial charge in [0, 0.05) is 66.2 Å². The number of hydrogen-bond acceptors (Lipinski definition) is 6. The van der Waals surface area contributed by atoms with Crippen molar-refractivity contribution in [2.45, 2.75) is 26.2 Å². The fourth-order valence-corrected chi connectivity index (χ4v) is 12.9. The second kappa shape index (κ2) is 16.5. The second-order valence-electron chi connectivity index (χ2n) is 20.7. The summed E-state index contributed by atoms with van der Waals surface area (Å²) in [5.74, 6) is 3.51. The highest BCUT2D eigenvalue weighted by Gasteiger charge is 2.40. The topological polar surface area (TPSA) is 122 Å². The van der Waals surface area contributed by atoms with Crippen molar-refractivity contribution >= 4 is 77.9 Å². The van der Waals surface area contributed by atoms with Gasteiger partial charge in [0.1, 0.15) is 0 Å². The van der Waals surface area contributed by atoms with Crippen LogP contribution in [0.3, 0.4) is 0 Å². The summed E-state index contributed by atoms with van der Waals surface area (Å²) in [6, 6.07) is 48.3. The Hall–Kier alpha value is -10.5. The van der Waals surface area contributed by atoms with Gasteiger partial charge in [0.25, 0.3) is 33.8 Å². The standard InChI is InChI=1S/2C16H13N4.2C16H12N3O/c2*1-18-13-9-14-17-7-4-8-19(14)16(13)20-10-11-5-2-3-6-12(11)15(18)20;2*1-18-12-7-3-2-6-11(12)14-16(18)20-15-13-10(9-19(14)15)5-4-8-17-13/h2*2-9H,10H2,1H3;2*2-8H,9H2,1H3/q4*+1/i1D3;;1D3;. The number of hydrogen-bond donors (Lipinski definition) is 0. The molecule has 0 spiro atoms. The van der Waals surface area contributed by atoms with Gasteiger partial charge in [0.05, 0.1) is 87.7 Å². The number of benzene rings is 4. The Morgan fingerprint density at radius 2 is 0.863 bits per heavy atom. The summed E-state index contributed by atoms with van der Waals surface area (Å²) >= 11 is 0. The minimum absolute atomic E-state index is 0.373. The van der Waals surface area contributed by atoms with Gasteiger partial charge in [-0.25, -0.2) is 37.9 Å². The molecule has 0 atom stereocenters. The summed E-state index contributed by atoms with van der Waals surface area (Å²) in [7, 11) is 4.18. The van der Waals surface area contributed by atoms with E-state index in [0.717, 1.165) is 92.0 Å². The quantitative estimate of drug-likeness (QED) is 0.140. The van der Waals surface area contributed by atoms with Gasteiger partial charge in [-0.1, -0.05) is 60.7 Å². The summed E-state index contributed by atoms with van der Waals surface area (Å²) in [6.07, 6.45) is 11.1. The van der Waals surface area contributed by atoms with Crippen LogP contribution in [-0.4, -0.2) is 47.0 Å². The molecule has 80 heavy (non-hydrogen) atoms. The number of pyridine rings is 2. The molecule has 0 bridgehead atoms. The first kappa shape index (κ1) is 39.0. The Bertz CT molecular complexity index is 5530. The van der Waals surface area contributed by atoms with Crippen LogP contribution in [0.25, 0.3) is 124 Å². The third-order valence-electron chi connectivity index (χ3n) is 16.4. The van der Waals surface area contributed by atoms with E-state index in [9.17, 15) is 0 Å². The van der Waals surface area contributed by atoms with E-state index in [2.05, 4.69) is 121 Å². The highest BCUT2D eigenvalue weighted by Crippen LogP contribution is 2.37. The number of aryl methyl sites for hydroxylation is 4. The zero-order chi connectivity index (χ0) is 58.1. The fraction of sp³-hybridized carbons (Fsp3) is 0.125. The normalized spacial score (nSPS) is 14.5. The number of oxazole rings is 2. The van der Waals surface area contributed by atoms with Crippen molar-refractivity contribution in [3.05, 3.63) is 205 Å². The molecule has 384 valence electrons. The van der Waals surface area contributed by atoms with Crippen LogP contribution >= 0.6 is 0 Å². The number of rotatable bonds is 0. The van der Waals surface area contributed by atoms with Crippen LogP contribution in [0.1, 0.15) is 30.5 Å². The molecule has 0 fully saturated rings. The number of para-hydroxylation sites is 2. The Kier molecular flexibility index (Phi) is 8.05. The van der Waals surface area contributed by atoms with Crippen LogP contribution in [0, 0.1) is 0 Å². The monoisotopic (exact) mass is 1050 g/mol. The molecule has 0 saturated heterocycles. The zero-order valence-electron chi connectivity index (χ0n) is 49.2. The molecule has 0 N–H and O–H groups in total. The number of nitrogens with zero attached hydrogens (tertiary/aromatic N) is 14. The van der Waals surface area contributed by atoms with Gasteiger partial charge < -0.3 is 18.0 Å². The molecule has 16 aromatic rings. The molecule has 16 heteroatoms. The lowest BCUT2D eigenvalue weighted by molar-refractivity contribution is -0.648. The molecule has 16 nitrogen and oxygen atoms in total. The lowest BCUT2D eigenvalue weighted by Gasteiger charge is -1.96. The summed E-state index contributed by atoms with van der Waals surface area (Å²) in [5, 5.41) is 2.11. The Morgan fingerprint density at radius 1 is 0.425 bits per heavy atom. The Labute approximate surface area is 463 Å². The lowest BCUT2D eigenvalue weighted by atomic mass is 10.1. The van der Waals surface area contributed by atoms with Gasteiger partial charge in [0.2, 0.25) is 11.6 Å². The Balaban J connectivity index is 0.0000000898. The predicted octanol–water partition coefficient (Wildman–Crippen LogP) is 9.56. The zero-order valence-corrected chi connectivity index (χ0v) is 43.2. The average Bonchev–Trinajstić information content (AvgIpc) is 1.69. The van der Waals surface area contributed by atoms with Crippen LogP contribution < -0.4 is 18.3 Å². The molecule has 0 saturated carbocycles. The first-order valence-electron chi connectivity index (χ1n) is 29.5. The molecule has 0 radical (unpaired) electrons. The minimum Gasteiger partial charge on any atom is -0.379 e. The summed E-state index contributed by atoms with van der Waals surface area (Å²) in [6.45, 7) is -1.47. The van der Waals surface area contributed by atoms with Gasteiger partial charge in [-0.3, -0.25) is 9.13 Å². The summed E-state index contributed by atoms with van der Waals surface area (Å²) < 4.78 is 79.7. The first-order valence-corrected chi connectivity index (χ1v) is 26.5. The highest BCUT2D eigenvalue weighted by atomic mass is 16.4. The predicted molar refractivity (Wildman–Crippen MR) is 303 cm³/mol. The third kappa shape index (κ3) is 6.09. The second-order valence-corrected chi connectivity index (χ2v) is 20.7. The van der Waals surface area contributed by atoms with Crippen molar-refractivity contribution in [1.82, 2.24) is 47.0 Å². The van der Waals surface area contributed by atoms with Crippen LogP contribution in [0.5, 0.6) is 0 Å². The highest BCUT2D eigenvalue weighted by molar-refractivity contribution is 6.03. The van der Waals surface area contributed by atoms with Crippen LogP contribution in [-0.2, 0) is 54.2 Å². The fourth-order valence-electron chi connectivity index (χ4n) is 12.9. The Morgan fingerprint density at radius 3 is 1.41 bits per heavy atom. The van der Waals surface area contributed by atoms with Crippen molar-refractivity contribution < 1.29 is 35.3 Å². The molecule has 4 aliphatic rings. The van der Waals surface area contributed by atoms with E-state index >= 15 is 0 Å². The van der Waals surface area contributed by atoms with Gasteiger partial charge in [-0.15, -0.1) is 9.13 Å². The average molecular weight is 1050 g/mol. The molecule has 0 unspecified atom stereocenters. The van der Waals surface area contributed by atoms with Gasteiger partial charge in [0.15, 0.2) is 46.8 Å². The van der Waals surface area contributed by atoms with Crippen LogP contribution in [0.2, 0.25) is 0 Å². The van der Waals surface area contributed by atoms with E-state index in [4.69, 9.17) is 17.1 Å². The van der Waals surface area contributed by atoms with E-state index in [1.807, 2.05) is 120 Å². The summed E-state index contributed by atoms with van der Waals surface area (Å²) in [4.78, 5) is 17.6. The molecular weight excluding hydrogens is 997 g/mol. The first-order chi connectivity index (χ1) is 41.8. The molecule has 16 heterocycles. The van der Waals surface area contributed by atoms with Crippen LogP contribution in [0.15, 0.2) is 192 Å². The SMILES string of the molecule is Cn1c2[n+](c3c1cc1ncccn13)Cc1ccccc1-2.Cn1c2ccccc2c2c1oc1[n+]2Cc2cccnc2-1.[2H]C([2H])([2H])n1c2[n+](c3c1cc1ncccn13)Cc1ccccc1-2.[2H]C([2H])([2H])n1c2ccccc2c2c1oc1[n+]2Cc2cccnc2-1. The van der Waals surface area contributed by atoms with E-state index in [1.165, 1.54) is 53.7 Å². The maximum absolute atomic E-state index is 8.01. The molecule has 12 aromatic heterocycles. The van der Waals surface area contributed by atoms with Gasteiger partial charge in [-0.2, -0.15) is 0 Å². The van der Waals surface area contributed by atoms with Crippen molar-refractivity contribution in [2.75, 3.05) is 0 Å². The van der Waals surface area contributed by atoms with E-state index < -0.39 is 14.0 Å². The molecule has 20 rings (SSSR count). The minimum atomic E-state index is -2.31. The van der Waals surface area contributed by atoms with Gasteiger partial charge >= 0.3 is 11.8 Å². The molecule has 0 aliphatic carbocycles. The smallest absolute Gasteiger partial charge is 0.379 e. The van der Waals surface area contributed by atoms with Crippen molar-refractivity contribution in [2.24, 2.45) is 28.0 Å². The van der Waals surface area contributed by atoms with Crippen molar-refractivity contribution in [3.63, 3.8) is 0 Å². The van der Waals surface area contributed by atoms with E-state index in [-0.39, 0.29) is 0 Å². The van der Waals surface area contributed by atoms with Gasteiger partial charge in [-0.05, 0) is 72.8 Å². The summed E-state index contributed by atoms with van der Waals surface area (Å²) in [5.41, 5.74) is 19.8.